The Kier molecular flexibility index (Phi) is 8.98. The highest BCUT2D eigenvalue weighted by Crippen LogP contribution is 2.08. The first-order valence-corrected chi connectivity index (χ1v) is 8.36. The lowest BCUT2D eigenvalue weighted by Crippen LogP contribution is -2.47. The van der Waals surface area contributed by atoms with E-state index in [1.807, 2.05) is 0 Å². The number of benzene rings is 1. The molecule has 0 fully saturated rings. The summed E-state index contributed by atoms with van der Waals surface area (Å²) in [6, 6.07) is 4.12. The Morgan fingerprint density at radius 3 is 2.48 bits per heavy atom. The van der Waals surface area contributed by atoms with E-state index in [-0.39, 0.29) is 19.3 Å². The van der Waals surface area contributed by atoms with Crippen LogP contribution in [0.1, 0.15) is 32.3 Å². The summed E-state index contributed by atoms with van der Waals surface area (Å²) in [5, 5.41) is 12.4. The number of carbonyl (C=O) groups excluding carboxylic acids is 3. The minimum Gasteiger partial charge on any atom is -0.461 e. The molecule has 1 aromatic rings. The molecule has 0 saturated heterocycles. The molecule has 9 heteroatoms. The fourth-order valence-electron chi connectivity index (χ4n) is 2.18. The van der Waals surface area contributed by atoms with Crippen LogP contribution >= 0.6 is 0 Å². The number of carbonyl (C=O) groups is 3. The van der Waals surface area contributed by atoms with Gasteiger partial charge in [-0.15, -0.1) is 0 Å². The van der Waals surface area contributed by atoms with E-state index in [1.54, 1.807) is 13.8 Å². The molecule has 0 saturated carbocycles. The Hall–Kier alpha value is -2.90. The first-order chi connectivity index (χ1) is 12.7. The van der Waals surface area contributed by atoms with E-state index in [2.05, 4.69) is 10.1 Å². The summed E-state index contributed by atoms with van der Waals surface area (Å²) in [7, 11) is 0. The van der Waals surface area contributed by atoms with Crippen LogP contribution in [0.4, 0.5) is 4.39 Å². The maximum absolute atomic E-state index is 12.9. The monoisotopic (exact) mass is 379 g/mol. The first kappa shape index (κ1) is 22.1. The third kappa shape index (κ3) is 8.35. The van der Waals surface area contributed by atoms with Crippen molar-refractivity contribution in [3.63, 3.8) is 0 Å². The molecule has 2 atom stereocenters. The summed E-state index contributed by atoms with van der Waals surface area (Å²) < 4.78 is 18.0. The summed E-state index contributed by atoms with van der Waals surface area (Å²) in [6.45, 7) is 3.26. The van der Waals surface area contributed by atoms with Gasteiger partial charge in [-0.2, -0.15) is 4.79 Å². The maximum Gasteiger partial charge on any atom is 0.328 e. The SMILES string of the molecule is CC(C)OC(=O)[C@H](CCC(=O)C=[N+]=[N-])NC(=O)[C@@H](O)Cc1ccc(F)cc1. The largest absolute Gasteiger partial charge is 0.461 e. The fraction of sp³-hybridized carbons (Fsp3) is 0.444. The van der Waals surface area contributed by atoms with Crippen molar-refractivity contribution in [1.29, 1.82) is 0 Å². The number of esters is 1. The van der Waals surface area contributed by atoms with Crippen LogP contribution in [0.25, 0.3) is 5.53 Å². The summed E-state index contributed by atoms with van der Waals surface area (Å²) in [6.07, 6.45) is -1.55. The Morgan fingerprint density at radius 1 is 1.30 bits per heavy atom. The predicted molar refractivity (Wildman–Crippen MR) is 93.2 cm³/mol. The molecule has 8 nitrogen and oxygen atoms in total. The van der Waals surface area contributed by atoms with Crippen LogP contribution in [-0.4, -0.2) is 52.0 Å². The van der Waals surface area contributed by atoms with Crippen molar-refractivity contribution in [2.45, 2.75) is 51.4 Å². The number of Topliss-reactive ketones (excluding diaryl/α,β-unsaturated/α-hetero) is 1. The van der Waals surface area contributed by atoms with Gasteiger partial charge in [0.1, 0.15) is 18.0 Å². The predicted octanol–water partition coefficient (Wildman–Crippen LogP) is 0.815. The van der Waals surface area contributed by atoms with Gasteiger partial charge in [-0.1, -0.05) is 12.1 Å². The number of halogens is 1. The molecule has 0 aliphatic heterocycles. The number of rotatable bonds is 10. The highest BCUT2D eigenvalue weighted by Gasteiger charge is 2.27. The summed E-state index contributed by atoms with van der Waals surface area (Å²) in [5.74, 6) is -2.55. The molecule has 0 aromatic heterocycles. The lowest BCUT2D eigenvalue weighted by atomic mass is 10.1. The highest BCUT2D eigenvalue weighted by atomic mass is 19.1. The molecule has 0 aliphatic carbocycles. The van der Waals surface area contributed by atoms with Gasteiger partial charge in [0.2, 0.25) is 11.7 Å². The van der Waals surface area contributed by atoms with Crippen molar-refractivity contribution in [1.82, 2.24) is 5.32 Å². The number of hydrogen-bond acceptors (Lipinski definition) is 5. The van der Waals surface area contributed by atoms with Crippen LogP contribution in [0.15, 0.2) is 24.3 Å². The number of aliphatic hydroxyl groups is 1. The van der Waals surface area contributed by atoms with Crippen molar-refractivity contribution >= 4 is 23.9 Å². The van der Waals surface area contributed by atoms with Crippen LogP contribution in [0, 0.1) is 5.82 Å². The molecule has 27 heavy (non-hydrogen) atoms. The second kappa shape index (κ2) is 10.9. The van der Waals surface area contributed by atoms with Crippen molar-refractivity contribution in [2.75, 3.05) is 0 Å². The van der Waals surface area contributed by atoms with E-state index in [9.17, 15) is 23.9 Å². The topological polar surface area (TPSA) is 129 Å². The highest BCUT2D eigenvalue weighted by molar-refractivity contribution is 6.25. The van der Waals surface area contributed by atoms with Crippen molar-refractivity contribution < 1.29 is 33.4 Å². The average molecular weight is 379 g/mol. The van der Waals surface area contributed by atoms with E-state index in [1.165, 1.54) is 24.3 Å². The molecule has 1 amide bonds. The van der Waals surface area contributed by atoms with E-state index >= 15 is 0 Å². The Morgan fingerprint density at radius 2 is 1.93 bits per heavy atom. The van der Waals surface area contributed by atoms with Crippen LogP contribution < -0.4 is 5.32 Å². The number of nitrogens with zero attached hydrogens (tertiary/aromatic N) is 2. The minimum absolute atomic E-state index is 0.0752. The zero-order valence-corrected chi connectivity index (χ0v) is 15.1. The van der Waals surface area contributed by atoms with Gasteiger partial charge < -0.3 is 20.7 Å². The smallest absolute Gasteiger partial charge is 0.328 e. The summed E-state index contributed by atoms with van der Waals surface area (Å²) in [4.78, 5) is 38.3. The molecule has 1 aromatic carbocycles. The van der Waals surface area contributed by atoms with Gasteiger partial charge in [-0.05, 0) is 38.0 Å². The lowest BCUT2D eigenvalue weighted by Gasteiger charge is -2.20. The zero-order chi connectivity index (χ0) is 20.4. The van der Waals surface area contributed by atoms with Gasteiger partial charge in [0.15, 0.2) is 0 Å². The van der Waals surface area contributed by atoms with E-state index in [0.717, 1.165) is 0 Å². The summed E-state index contributed by atoms with van der Waals surface area (Å²) >= 11 is 0. The second-order valence-electron chi connectivity index (χ2n) is 6.14. The van der Waals surface area contributed by atoms with E-state index < -0.39 is 41.7 Å². The molecule has 0 heterocycles. The normalized spacial score (nSPS) is 12.6. The lowest BCUT2D eigenvalue weighted by molar-refractivity contribution is -0.152. The van der Waals surface area contributed by atoms with Gasteiger partial charge in [-0.25, -0.2) is 9.18 Å². The van der Waals surface area contributed by atoms with Gasteiger partial charge in [0.25, 0.3) is 0 Å². The number of amides is 1. The maximum atomic E-state index is 12.9. The standard InChI is InChI=1S/C18H22FN3O5/c1-11(2)27-18(26)15(8-7-14(23)10-21-20)22-17(25)16(24)9-12-3-5-13(19)6-4-12/h3-6,10-11,15-16,24H,7-9H2,1-2H3,(H,22,25)/t15-,16-/m0/s1. The van der Waals surface area contributed by atoms with Crippen LogP contribution in [0.3, 0.4) is 0 Å². The van der Waals surface area contributed by atoms with Gasteiger partial charge in [0.05, 0.1) is 6.10 Å². The van der Waals surface area contributed by atoms with Crippen LogP contribution in [0.2, 0.25) is 0 Å². The third-order valence-corrected chi connectivity index (χ3v) is 3.48. The number of hydrogen-bond donors (Lipinski definition) is 2. The molecule has 0 spiro atoms. The molecule has 0 radical (unpaired) electrons. The molecular formula is C18H22FN3O5. The van der Waals surface area contributed by atoms with Crippen LogP contribution in [0.5, 0.6) is 0 Å². The second-order valence-corrected chi connectivity index (χ2v) is 6.14. The van der Waals surface area contributed by atoms with Crippen molar-refractivity contribution in [2.24, 2.45) is 0 Å². The van der Waals surface area contributed by atoms with Gasteiger partial charge in [0, 0.05) is 12.8 Å². The molecule has 0 bridgehead atoms. The Bertz CT molecular complexity index is 714. The molecule has 1 rings (SSSR count). The number of ether oxygens (including phenoxy) is 1. The first-order valence-electron chi connectivity index (χ1n) is 8.36. The molecule has 146 valence electrons. The van der Waals surface area contributed by atoms with E-state index in [4.69, 9.17) is 10.3 Å². The Balaban J connectivity index is 2.74. The molecular weight excluding hydrogens is 357 g/mol. The number of aliphatic hydroxyl groups excluding tert-OH is 1. The van der Waals surface area contributed by atoms with E-state index in [0.29, 0.717) is 11.8 Å². The van der Waals surface area contributed by atoms with Crippen molar-refractivity contribution in [3.8, 4) is 0 Å². The molecule has 0 aliphatic rings. The molecule has 0 unspecified atom stereocenters. The summed E-state index contributed by atoms with van der Waals surface area (Å²) in [5.41, 5.74) is 8.87. The van der Waals surface area contributed by atoms with Gasteiger partial charge >= 0.3 is 12.2 Å². The quantitative estimate of drug-likeness (QED) is 0.269. The fourth-order valence-corrected chi connectivity index (χ4v) is 2.18. The third-order valence-electron chi connectivity index (χ3n) is 3.48. The van der Waals surface area contributed by atoms with Crippen LogP contribution in [-0.2, 0) is 25.5 Å². The van der Waals surface area contributed by atoms with Crippen molar-refractivity contribution in [3.05, 3.63) is 41.2 Å². The number of nitrogens with one attached hydrogen (secondary N) is 1. The number of ketones is 1. The zero-order valence-electron chi connectivity index (χ0n) is 15.1. The average Bonchev–Trinajstić information content (AvgIpc) is 2.59. The molecule has 2 N–H and O–H groups in total. The van der Waals surface area contributed by atoms with Gasteiger partial charge in [-0.3, -0.25) is 9.59 Å². The minimum atomic E-state index is -1.47. The Labute approximate surface area is 156 Å².